The molecule has 4 aliphatic carbocycles. The number of hydrogen-bond acceptors (Lipinski definition) is 3. The molecule has 5 heteroatoms. The van der Waals surface area contributed by atoms with Crippen molar-refractivity contribution in [3.8, 4) is 6.07 Å². The molecule has 4 aliphatic rings. The van der Waals surface area contributed by atoms with Crippen LogP contribution in [-0.2, 0) is 12.6 Å². The Labute approximate surface area is 118 Å². The summed E-state index contributed by atoms with van der Waals surface area (Å²) in [6.45, 7) is 0. The van der Waals surface area contributed by atoms with Crippen molar-refractivity contribution in [2.45, 2.75) is 44.1 Å². The average molecular weight is 272 g/mol. The van der Waals surface area contributed by atoms with Crippen molar-refractivity contribution >= 4 is 5.69 Å². The lowest BCUT2D eigenvalue weighted by Crippen LogP contribution is -2.55. The maximum Gasteiger partial charge on any atom is 0.291 e. The molecule has 0 aromatic carbocycles. The first-order chi connectivity index (χ1) is 9.54. The predicted molar refractivity (Wildman–Crippen MR) is 74.9 cm³/mol. The third kappa shape index (κ3) is 1.34. The van der Waals surface area contributed by atoms with E-state index in [0.29, 0.717) is 5.69 Å². The number of hydrogen-bond donors (Lipinski definition) is 1. The van der Waals surface area contributed by atoms with Gasteiger partial charge in [-0.15, -0.1) is 0 Å². The molecular formula is C15H20N4O. The molecule has 4 fully saturated rings. The topological polar surface area (TPSA) is 76.7 Å². The van der Waals surface area contributed by atoms with E-state index < -0.39 is 0 Å². The smallest absolute Gasteiger partial charge is 0.291 e. The van der Waals surface area contributed by atoms with Crippen LogP contribution in [0.3, 0.4) is 0 Å². The highest BCUT2D eigenvalue weighted by atomic mass is 16.1. The number of nitrogen functional groups attached to an aromatic ring is 1. The summed E-state index contributed by atoms with van der Waals surface area (Å²) in [4.78, 5) is 12.6. The van der Waals surface area contributed by atoms with Crippen molar-refractivity contribution in [3.63, 3.8) is 0 Å². The normalized spacial score (nSPS) is 38.1. The van der Waals surface area contributed by atoms with Crippen LogP contribution in [0.4, 0.5) is 5.69 Å². The van der Waals surface area contributed by atoms with Crippen LogP contribution in [0, 0.1) is 29.1 Å². The Kier molecular flexibility index (Phi) is 2.23. The maximum atomic E-state index is 12.6. The van der Waals surface area contributed by atoms with Crippen LogP contribution in [-0.4, -0.2) is 9.36 Å². The second kappa shape index (κ2) is 3.69. The van der Waals surface area contributed by atoms with E-state index in [1.807, 2.05) is 4.68 Å². The molecule has 4 saturated carbocycles. The highest BCUT2D eigenvalue weighted by Crippen LogP contribution is 2.58. The van der Waals surface area contributed by atoms with Crippen LogP contribution in [0.1, 0.15) is 44.2 Å². The first kappa shape index (κ1) is 12.1. The zero-order chi connectivity index (χ0) is 14.1. The SMILES string of the molecule is Cn1c(C#N)c(N)c(=O)n1C12CC3CC(CC(C3)C1)C2. The summed E-state index contributed by atoms with van der Waals surface area (Å²) in [6.07, 6.45) is 7.25. The van der Waals surface area contributed by atoms with Crippen LogP contribution >= 0.6 is 0 Å². The van der Waals surface area contributed by atoms with Crippen molar-refractivity contribution in [3.05, 3.63) is 16.0 Å². The zero-order valence-electron chi connectivity index (χ0n) is 11.8. The molecule has 5 nitrogen and oxygen atoms in total. The molecule has 2 N–H and O–H groups in total. The number of nitrogens with two attached hydrogens (primary N) is 1. The van der Waals surface area contributed by atoms with Gasteiger partial charge in [-0.3, -0.25) is 9.48 Å². The Morgan fingerprint density at radius 3 is 2.10 bits per heavy atom. The van der Waals surface area contributed by atoms with E-state index >= 15 is 0 Å². The fourth-order valence-corrected chi connectivity index (χ4v) is 5.62. The maximum absolute atomic E-state index is 12.6. The minimum absolute atomic E-state index is 0.0796. The number of aromatic nitrogens is 2. The molecule has 0 atom stereocenters. The summed E-state index contributed by atoms with van der Waals surface area (Å²) in [7, 11) is 1.80. The molecular weight excluding hydrogens is 252 g/mol. The van der Waals surface area contributed by atoms with Gasteiger partial charge in [0.1, 0.15) is 11.8 Å². The van der Waals surface area contributed by atoms with E-state index in [1.165, 1.54) is 19.3 Å². The molecule has 1 heterocycles. The van der Waals surface area contributed by atoms with Gasteiger partial charge in [0.25, 0.3) is 5.56 Å². The van der Waals surface area contributed by atoms with Gasteiger partial charge in [-0.2, -0.15) is 5.26 Å². The molecule has 0 spiro atoms. The summed E-state index contributed by atoms with van der Waals surface area (Å²) >= 11 is 0. The van der Waals surface area contributed by atoms with Crippen molar-refractivity contribution in [1.82, 2.24) is 9.36 Å². The minimum atomic E-state index is -0.161. The van der Waals surface area contributed by atoms with Crippen LogP contribution in [0.25, 0.3) is 0 Å². The fraction of sp³-hybridized carbons (Fsp3) is 0.733. The molecule has 4 bridgehead atoms. The molecule has 0 amide bonds. The summed E-state index contributed by atoms with van der Waals surface area (Å²) in [5, 5.41) is 9.22. The Morgan fingerprint density at radius 1 is 1.20 bits per heavy atom. The molecule has 0 radical (unpaired) electrons. The summed E-state index contributed by atoms with van der Waals surface area (Å²) < 4.78 is 3.54. The van der Waals surface area contributed by atoms with Gasteiger partial charge in [0.2, 0.25) is 0 Å². The van der Waals surface area contributed by atoms with Crippen LogP contribution in [0.2, 0.25) is 0 Å². The molecule has 1 aromatic heterocycles. The minimum Gasteiger partial charge on any atom is -0.392 e. The number of rotatable bonds is 1. The van der Waals surface area contributed by atoms with Crippen molar-refractivity contribution in [1.29, 1.82) is 5.26 Å². The van der Waals surface area contributed by atoms with Crippen LogP contribution in [0.15, 0.2) is 4.79 Å². The molecule has 1 aromatic rings. The molecule has 0 aliphatic heterocycles. The lowest BCUT2D eigenvalue weighted by Gasteiger charge is -2.57. The quantitative estimate of drug-likeness (QED) is 0.843. The fourth-order valence-electron chi connectivity index (χ4n) is 5.62. The van der Waals surface area contributed by atoms with Crippen molar-refractivity contribution < 1.29 is 0 Å². The molecule has 106 valence electrons. The highest BCUT2D eigenvalue weighted by molar-refractivity contribution is 5.49. The van der Waals surface area contributed by atoms with E-state index in [1.54, 1.807) is 11.7 Å². The Bertz CT molecular complexity index is 640. The van der Waals surface area contributed by atoms with E-state index in [0.717, 1.165) is 37.0 Å². The van der Waals surface area contributed by atoms with Crippen LogP contribution < -0.4 is 11.3 Å². The second-order valence-corrected chi connectivity index (χ2v) is 7.16. The summed E-state index contributed by atoms with van der Waals surface area (Å²) in [5.74, 6) is 2.28. The predicted octanol–water partition coefficient (Wildman–Crippen LogP) is 1.57. The zero-order valence-corrected chi connectivity index (χ0v) is 11.8. The molecule has 0 saturated heterocycles. The third-order valence-electron chi connectivity index (χ3n) is 5.86. The van der Waals surface area contributed by atoms with Gasteiger partial charge in [0.15, 0.2) is 5.69 Å². The number of nitrogens with zero attached hydrogens (tertiary/aromatic N) is 3. The second-order valence-electron chi connectivity index (χ2n) is 7.16. The van der Waals surface area contributed by atoms with Gasteiger partial charge in [0.05, 0.1) is 5.54 Å². The molecule has 20 heavy (non-hydrogen) atoms. The third-order valence-corrected chi connectivity index (χ3v) is 5.86. The van der Waals surface area contributed by atoms with Gasteiger partial charge in [-0.05, 0) is 56.3 Å². The van der Waals surface area contributed by atoms with Gasteiger partial charge in [-0.25, -0.2) is 4.68 Å². The van der Waals surface area contributed by atoms with E-state index in [2.05, 4.69) is 6.07 Å². The Hall–Kier alpha value is -1.70. The van der Waals surface area contributed by atoms with Gasteiger partial charge in [0, 0.05) is 7.05 Å². The summed E-state index contributed by atoms with van der Waals surface area (Å²) in [6, 6.07) is 2.07. The Morgan fingerprint density at radius 2 is 1.70 bits per heavy atom. The number of anilines is 1. The van der Waals surface area contributed by atoms with Gasteiger partial charge in [-0.1, -0.05) is 0 Å². The Balaban J connectivity index is 1.90. The average Bonchev–Trinajstić information content (AvgIpc) is 2.58. The largest absolute Gasteiger partial charge is 0.392 e. The van der Waals surface area contributed by atoms with Crippen LogP contribution in [0.5, 0.6) is 0 Å². The monoisotopic (exact) mass is 272 g/mol. The van der Waals surface area contributed by atoms with E-state index in [4.69, 9.17) is 5.73 Å². The first-order valence-electron chi connectivity index (χ1n) is 7.52. The lowest BCUT2D eigenvalue weighted by atomic mass is 9.53. The van der Waals surface area contributed by atoms with Crippen molar-refractivity contribution in [2.24, 2.45) is 24.8 Å². The standard InChI is InChI=1S/C15H20N4O/c1-18-12(8-16)13(17)14(20)19(18)15-5-9-2-10(6-15)4-11(3-9)7-15/h9-11H,2-7,17H2,1H3. The van der Waals surface area contributed by atoms with Gasteiger partial charge >= 0.3 is 0 Å². The highest BCUT2D eigenvalue weighted by Gasteiger charge is 2.53. The van der Waals surface area contributed by atoms with E-state index in [-0.39, 0.29) is 16.8 Å². The first-order valence-corrected chi connectivity index (χ1v) is 7.52. The summed E-state index contributed by atoms with van der Waals surface area (Å²) in [5.41, 5.74) is 6.04. The lowest BCUT2D eigenvalue weighted by molar-refractivity contribution is -0.0561. The van der Waals surface area contributed by atoms with Gasteiger partial charge < -0.3 is 5.73 Å². The molecule has 0 unspecified atom stereocenters. The van der Waals surface area contributed by atoms with E-state index in [9.17, 15) is 10.1 Å². The number of nitriles is 1. The van der Waals surface area contributed by atoms with Crippen molar-refractivity contribution in [2.75, 3.05) is 5.73 Å². The molecule has 5 rings (SSSR count).